The number of aryl methyl sites for hydroxylation is 2. The van der Waals surface area contributed by atoms with E-state index in [4.69, 9.17) is 0 Å². The van der Waals surface area contributed by atoms with Gasteiger partial charge in [0.15, 0.2) is 0 Å². The van der Waals surface area contributed by atoms with Crippen LogP contribution in [0.25, 0.3) is 0 Å². The van der Waals surface area contributed by atoms with Gasteiger partial charge in [0.2, 0.25) is 5.91 Å². The first kappa shape index (κ1) is 16.2. The van der Waals surface area contributed by atoms with Crippen LogP contribution < -0.4 is 5.32 Å². The highest BCUT2D eigenvalue weighted by molar-refractivity contribution is 5.89. The van der Waals surface area contributed by atoms with Crippen molar-refractivity contribution in [2.24, 2.45) is 0 Å². The van der Waals surface area contributed by atoms with Gasteiger partial charge in [0.1, 0.15) is 0 Å². The minimum absolute atomic E-state index is 0.0307. The average Bonchev–Trinajstić information content (AvgIpc) is 2.60. The number of hydrogen-bond donors (Lipinski definition) is 2. The summed E-state index contributed by atoms with van der Waals surface area (Å²) in [6, 6.07) is 15.2. The number of nitrogens with one attached hydrogen (secondary N) is 1. The first-order valence-electron chi connectivity index (χ1n) is 8.33. The molecular weight excluding hydrogens is 302 g/mol. The molecule has 0 spiro atoms. The third kappa shape index (κ3) is 3.65. The van der Waals surface area contributed by atoms with E-state index in [-0.39, 0.29) is 17.5 Å². The molecule has 1 amide bonds. The minimum Gasteiger partial charge on any atom is -0.478 e. The molecule has 0 bridgehead atoms. The Balaban J connectivity index is 1.62. The van der Waals surface area contributed by atoms with Crippen molar-refractivity contribution in [1.29, 1.82) is 0 Å². The maximum Gasteiger partial charge on any atom is 0.335 e. The van der Waals surface area contributed by atoms with Crippen LogP contribution in [0, 0.1) is 0 Å². The van der Waals surface area contributed by atoms with Gasteiger partial charge in [0.05, 0.1) is 11.6 Å². The van der Waals surface area contributed by atoms with Gasteiger partial charge in [-0.2, -0.15) is 0 Å². The second-order valence-corrected chi connectivity index (χ2v) is 6.17. The Labute approximate surface area is 141 Å². The van der Waals surface area contributed by atoms with E-state index in [1.807, 2.05) is 12.1 Å². The van der Waals surface area contributed by atoms with Crippen LogP contribution in [-0.4, -0.2) is 17.0 Å². The van der Waals surface area contributed by atoms with Gasteiger partial charge in [0, 0.05) is 6.42 Å². The Morgan fingerprint density at radius 3 is 2.67 bits per heavy atom. The summed E-state index contributed by atoms with van der Waals surface area (Å²) in [5.74, 6) is -0.982. The maximum atomic E-state index is 12.3. The molecule has 1 aliphatic rings. The molecule has 2 N–H and O–H groups in total. The van der Waals surface area contributed by atoms with E-state index in [9.17, 15) is 14.7 Å². The van der Waals surface area contributed by atoms with Crippen LogP contribution in [0.5, 0.6) is 0 Å². The third-order valence-electron chi connectivity index (χ3n) is 4.57. The molecule has 1 unspecified atom stereocenters. The van der Waals surface area contributed by atoms with Gasteiger partial charge in [-0.05, 0) is 48.4 Å². The summed E-state index contributed by atoms with van der Waals surface area (Å²) in [5, 5.41) is 12.3. The summed E-state index contributed by atoms with van der Waals surface area (Å²) < 4.78 is 0. The van der Waals surface area contributed by atoms with E-state index in [1.165, 1.54) is 11.1 Å². The van der Waals surface area contributed by atoms with Gasteiger partial charge < -0.3 is 10.4 Å². The summed E-state index contributed by atoms with van der Waals surface area (Å²) in [6.45, 7) is 0. The standard InChI is InChI=1S/C20H21NO3/c22-19(13-12-15-7-2-4-10-17(15)20(23)24)21-18-11-5-8-14-6-1-3-9-16(14)18/h1-4,6-7,9-10,18H,5,8,11-13H2,(H,21,22)(H,23,24). The van der Waals surface area contributed by atoms with E-state index in [2.05, 4.69) is 17.4 Å². The fourth-order valence-electron chi connectivity index (χ4n) is 3.37. The normalized spacial score (nSPS) is 16.2. The Hall–Kier alpha value is -2.62. The van der Waals surface area contributed by atoms with Crippen LogP contribution in [0.3, 0.4) is 0 Å². The smallest absolute Gasteiger partial charge is 0.335 e. The van der Waals surface area contributed by atoms with Crippen molar-refractivity contribution in [3.63, 3.8) is 0 Å². The first-order valence-corrected chi connectivity index (χ1v) is 8.33. The van der Waals surface area contributed by atoms with Crippen LogP contribution in [0.15, 0.2) is 48.5 Å². The van der Waals surface area contributed by atoms with Crippen LogP contribution in [0.1, 0.15) is 52.4 Å². The van der Waals surface area contributed by atoms with E-state index >= 15 is 0 Å². The van der Waals surface area contributed by atoms with Crippen molar-refractivity contribution >= 4 is 11.9 Å². The molecule has 2 aromatic carbocycles. The highest BCUT2D eigenvalue weighted by Gasteiger charge is 2.21. The average molecular weight is 323 g/mol. The van der Waals surface area contributed by atoms with E-state index in [0.29, 0.717) is 18.4 Å². The molecule has 0 aliphatic heterocycles. The molecule has 0 saturated carbocycles. The van der Waals surface area contributed by atoms with Gasteiger partial charge in [0.25, 0.3) is 0 Å². The summed E-state index contributed by atoms with van der Waals surface area (Å²) >= 11 is 0. The number of benzene rings is 2. The van der Waals surface area contributed by atoms with Gasteiger partial charge in [-0.1, -0.05) is 42.5 Å². The molecule has 1 atom stereocenters. The lowest BCUT2D eigenvalue weighted by atomic mass is 9.87. The van der Waals surface area contributed by atoms with Crippen LogP contribution >= 0.6 is 0 Å². The molecule has 1 aliphatic carbocycles. The number of carboxylic acids is 1. The number of fused-ring (bicyclic) bond motifs is 1. The number of amides is 1. The zero-order valence-electron chi connectivity index (χ0n) is 13.5. The number of carboxylic acid groups (broad SMARTS) is 1. The fraction of sp³-hybridized carbons (Fsp3) is 0.300. The Morgan fingerprint density at radius 2 is 1.83 bits per heavy atom. The molecule has 0 heterocycles. The predicted molar refractivity (Wildman–Crippen MR) is 92.0 cm³/mol. The second kappa shape index (κ2) is 7.30. The molecule has 4 heteroatoms. The molecule has 24 heavy (non-hydrogen) atoms. The zero-order chi connectivity index (χ0) is 16.9. The number of hydrogen-bond acceptors (Lipinski definition) is 2. The minimum atomic E-state index is -0.952. The van der Waals surface area contributed by atoms with Crippen molar-refractivity contribution in [2.45, 2.75) is 38.1 Å². The van der Waals surface area contributed by atoms with E-state index in [0.717, 1.165) is 19.3 Å². The fourth-order valence-corrected chi connectivity index (χ4v) is 3.37. The van der Waals surface area contributed by atoms with Crippen molar-refractivity contribution in [3.05, 3.63) is 70.8 Å². The highest BCUT2D eigenvalue weighted by Crippen LogP contribution is 2.29. The first-order chi connectivity index (χ1) is 11.6. The lowest BCUT2D eigenvalue weighted by Gasteiger charge is -2.26. The summed E-state index contributed by atoms with van der Waals surface area (Å²) in [7, 11) is 0. The van der Waals surface area contributed by atoms with Crippen LogP contribution in [-0.2, 0) is 17.6 Å². The van der Waals surface area contributed by atoms with Crippen molar-refractivity contribution < 1.29 is 14.7 Å². The zero-order valence-corrected chi connectivity index (χ0v) is 13.5. The maximum absolute atomic E-state index is 12.3. The molecule has 124 valence electrons. The molecule has 0 fully saturated rings. The molecule has 0 radical (unpaired) electrons. The van der Waals surface area contributed by atoms with Crippen LogP contribution in [0.4, 0.5) is 0 Å². The Kier molecular flexibility index (Phi) is 4.94. The van der Waals surface area contributed by atoms with Gasteiger partial charge in [-0.15, -0.1) is 0 Å². The van der Waals surface area contributed by atoms with Crippen LogP contribution in [0.2, 0.25) is 0 Å². The third-order valence-corrected chi connectivity index (χ3v) is 4.57. The monoisotopic (exact) mass is 323 g/mol. The Bertz CT molecular complexity index is 754. The SMILES string of the molecule is O=C(CCc1ccccc1C(=O)O)NC1CCCc2ccccc21. The van der Waals surface area contributed by atoms with Gasteiger partial charge in [-0.25, -0.2) is 4.79 Å². The summed E-state index contributed by atoms with van der Waals surface area (Å²) in [6.07, 6.45) is 3.82. The van der Waals surface area contributed by atoms with E-state index in [1.54, 1.807) is 24.3 Å². The van der Waals surface area contributed by atoms with Gasteiger partial charge in [-0.3, -0.25) is 4.79 Å². The van der Waals surface area contributed by atoms with E-state index < -0.39 is 5.97 Å². The highest BCUT2D eigenvalue weighted by atomic mass is 16.4. The lowest BCUT2D eigenvalue weighted by Crippen LogP contribution is -2.31. The van der Waals surface area contributed by atoms with Gasteiger partial charge >= 0.3 is 5.97 Å². The molecule has 2 aromatic rings. The molecule has 3 rings (SSSR count). The molecule has 4 nitrogen and oxygen atoms in total. The Morgan fingerprint density at radius 1 is 1.08 bits per heavy atom. The lowest BCUT2D eigenvalue weighted by molar-refractivity contribution is -0.121. The van der Waals surface area contributed by atoms with Crippen molar-refractivity contribution in [1.82, 2.24) is 5.32 Å². The summed E-state index contributed by atoms with van der Waals surface area (Å²) in [5.41, 5.74) is 3.49. The molecule has 0 aromatic heterocycles. The molecular formula is C20H21NO3. The largest absolute Gasteiger partial charge is 0.478 e. The quantitative estimate of drug-likeness (QED) is 0.885. The number of aromatic carboxylic acids is 1. The topological polar surface area (TPSA) is 66.4 Å². The predicted octanol–water partition coefficient (Wildman–Crippen LogP) is 3.51. The number of rotatable bonds is 5. The number of carbonyl (C=O) groups excluding carboxylic acids is 1. The molecule has 0 saturated heterocycles. The van der Waals surface area contributed by atoms with Crippen molar-refractivity contribution in [2.75, 3.05) is 0 Å². The van der Waals surface area contributed by atoms with Crippen molar-refractivity contribution in [3.8, 4) is 0 Å². The second-order valence-electron chi connectivity index (χ2n) is 6.17. The summed E-state index contributed by atoms with van der Waals surface area (Å²) in [4.78, 5) is 23.5. The number of carbonyl (C=O) groups is 2.